The highest BCUT2D eigenvalue weighted by Crippen LogP contribution is 2.33. The van der Waals surface area contributed by atoms with E-state index < -0.39 is 0 Å². The Kier molecular flexibility index (Phi) is 3.44. The normalized spacial score (nSPS) is 23.9. The fraction of sp³-hybridized carbons (Fsp3) is 0.235. The second-order valence-corrected chi connectivity index (χ2v) is 6.80. The first-order chi connectivity index (χ1) is 10.7. The molecule has 1 aliphatic carbocycles. The Balaban J connectivity index is 1.84. The molecule has 4 nitrogen and oxygen atoms in total. The van der Waals surface area contributed by atoms with E-state index in [1.54, 1.807) is 6.33 Å². The minimum atomic E-state index is -0.0634. The summed E-state index contributed by atoms with van der Waals surface area (Å²) in [5.74, 6) is 1.17. The number of hydrogen-bond acceptors (Lipinski definition) is 4. The van der Waals surface area contributed by atoms with Gasteiger partial charge in [-0.15, -0.1) is 0 Å². The van der Waals surface area contributed by atoms with Crippen LogP contribution in [0.5, 0.6) is 0 Å². The van der Waals surface area contributed by atoms with E-state index in [-0.39, 0.29) is 12.0 Å². The van der Waals surface area contributed by atoms with Crippen molar-refractivity contribution in [2.75, 3.05) is 11.4 Å². The van der Waals surface area contributed by atoms with E-state index in [4.69, 9.17) is 0 Å². The molecule has 110 valence electrons. The molecule has 1 fully saturated rings. The van der Waals surface area contributed by atoms with Crippen molar-refractivity contribution in [1.29, 1.82) is 0 Å². The maximum Gasteiger partial charge on any atom is 0.143 e. The molecule has 0 amide bonds. The van der Waals surface area contributed by atoms with Crippen molar-refractivity contribution in [3.8, 4) is 0 Å². The van der Waals surface area contributed by atoms with Crippen LogP contribution in [0.1, 0.15) is 6.42 Å². The van der Waals surface area contributed by atoms with Crippen LogP contribution in [0.3, 0.4) is 0 Å². The van der Waals surface area contributed by atoms with E-state index in [1.807, 2.05) is 30.4 Å². The number of ketones is 1. The lowest BCUT2D eigenvalue weighted by atomic mass is 9.85. The van der Waals surface area contributed by atoms with Crippen LogP contribution in [0.15, 0.2) is 48.8 Å². The van der Waals surface area contributed by atoms with E-state index in [2.05, 4.69) is 49.6 Å². The SMILES string of the molecule is O=C1CCN(c2ncnc3ccc(I)cc23)C2C=CC=CC12. The molecule has 5 heteroatoms. The van der Waals surface area contributed by atoms with Crippen LogP contribution in [0.2, 0.25) is 0 Å². The minimum absolute atomic E-state index is 0.0576. The van der Waals surface area contributed by atoms with Crippen LogP contribution in [0.4, 0.5) is 5.82 Å². The topological polar surface area (TPSA) is 46.1 Å². The van der Waals surface area contributed by atoms with Crippen molar-refractivity contribution in [3.05, 3.63) is 52.4 Å². The molecule has 0 N–H and O–H groups in total. The van der Waals surface area contributed by atoms with Crippen LogP contribution >= 0.6 is 22.6 Å². The molecule has 2 heterocycles. The van der Waals surface area contributed by atoms with Gasteiger partial charge in [-0.1, -0.05) is 24.3 Å². The summed E-state index contributed by atoms with van der Waals surface area (Å²) >= 11 is 2.30. The molecule has 0 saturated carbocycles. The molecular formula is C17H14IN3O. The molecule has 1 saturated heterocycles. The van der Waals surface area contributed by atoms with E-state index in [0.717, 1.165) is 20.3 Å². The van der Waals surface area contributed by atoms with Crippen LogP contribution in [-0.4, -0.2) is 28.3 Å². The van der Waals surface area contributed by atoms with Gasteiger partial charge in [0.05, 0.1) is 17.5 Å². The zero-order chi connectivity index (χ0) is 15.1. The van der Waals surface area contributed by atoms with Crippen LogP contribution in [-0.2, 0) is 4.79 Å². The third-order valence-electron chi connectivity index (χ3n) is 4.28. The second-order valence-electron chi connectivity index (χ2n) is 5.55. The van der Waals surface area contributed by atoms with Gasteiger partial charge in [0, 0.05) is 21.9 Å². The average Bonchev–Trinajstić information content (AvgIpc) is 2.55. The lowest BCUT2D eigenvalue weighted by Gasteiger charge is -2.40. The van der Waals surface area contributed by atoms with Gasteiger partial charge >= 0.3 is 0 Å². The molecule has 0 radical (unpaired) electrons. The molecule has 2 unspecified atom stereocenters. The Hall–Kier alpha value is -1.76. The maximum atomic E-state index is 12.2. The lowest BCUT2D eigenvalue weighted by Crippen LogP contribution is -2.49. The molecular weight excluding hydrogens is 389 g/mol. The molecule has 22 heavy (non-hydrogen) atoms. The summed E-state index contributed by atoms with van der Waals surface area (Å²) in [5, 5.41) is 1.05. The molecule has 2 aromatic rings. The number of hydrogen-bond donors (Lipinski definition) is 0. The highest BCUT2D eigenvalue weighted by atomic mass is 127. The second kappa shape index (κ2) is 5.46. The fourth-order valence-electron chi connectivity index (χ4n) is 3.23. The van der Waals surface area contributed by atoms with Gasteiger partial charge < -0.3 is 4.90 Å². The predicted octanol–water partition coefficient (Wildman–Crippen LogP) is 3.12. The van der Waals surface area contributed by atoms with Crippen LogP contribution < -0.4 is 4.90 Å². The molecule has 0 bridgehead atoms. The summed E-state index contributed by atoms with van der Waals surface area (Å²) < 4.78 is 1.16. The zero-order valence-corrected chi connectivity index (χ0v) is 14.0. The van der Waals surface area contributed by atoms with Crippen LogP contribution in [0, 0.1) is 9.49 Å². The molecule has 4 rings (SSSR count). The van der Waals surface area contributed by atoms with Crippen molar-refractivity contribution in [2.45, 2.75) is 12.5 Å². The van der Waals surface area contributed by atoms with Gasteiger partial charge in [-0.3, -0.25) is 4.79 Å². The number of halogens is 1. The van der Waals surface area contributed by atoms with Crippen molar-refractivity contribution < 1.29 is 4.79 Å². The summed E-state index contributed by atoms with van der Waals surface area (Å²) in [4.78, 5) is 23.3. The number of carbonyl (C=O) groups excluding carboxylic acids is 1. The number of nitrogens with zero attached hydrogens (tertiary/aromatic N) is 3. The smallest absolute Gasteiger partial charge is 0.143 e. The largest absolute Gasteiger partial charge is 0.348 e. The van der Waals surface area contributed by atoms with Gasteiger partial charge in [0.2, 0.25) is 0 Å². The van der Waals surface area contributed by atoms with Crippen molar-refractivity contribution in [3.63, 3.8) is 0 Å². The third-order valence-corrected chi connectivity index (χ3v) is 4.96. The lowest BCUT2D eigenvalue weighted by molar-refractivity contribution is -0.122. The fourth-order valence-corrected chi connectivity index (χ4v) is 3.72. The molecule has 2 aliphatic rings. The van der Waals surface area contributed by atoms with Crippen LogP contribution in [0.25, 0.3) is 10.9 Å². The summed E-state index contributed by atoms with van der Waals surface area (Å²) in [6.07, 6.45) is 10.3. The number of piperidine rings is 1. The van der Waals surface area contributed by atoms with Gasteiger partial charge in [-0.2, -0.15) is 0 Å². The number of aromatic nitrogens is 2. The first-order valence-electron chi connectivity index (χ1n) is 7.29. The minimum Gasteiger partial charge on any atom is -0.348 e. The Morgan fingerprint density at radius 2 is 2.05 bits per heavy atom. The Morgan fingerprint density at radius 3 is 2.95 bits per heavy atom. The molecule has 1 aromatic heterocycles. The van der Waals surface area contributed by atoms with Crippen molar-refractivity contribution >= 4 is 45.1 Å². The number of benzene rings is 1. The summed E-state index contributed by atoms with van der Waals surface area (Å²) in [6.45, 7) is 0.704. The predicted molar refractivity (Wildman–Crippen MR) is 94.8 cm³/mol. The number of rotatable bonds is 1. The van der Waals surface area contributed by atoms with Gasteiger partial charge in [0.25, 0.3) is 0 Å². The van der Waals surface area contributed by atoms with Gasteiger partial charge in [0.15, 0.2) is 0 Å². The summed E-state index contributed by atoms with van der Waals surface area (Å²) in [7, 11) is 0. The van der Waals surface area contributed by atoms with E-state index in [9.17, 15) is 4.79 Å². The first kappa shape index (κ1) is 13.9. The Bertz CT molecular complexity index is 815. The maximum absolute atomic E-state index is 12.2. The number of anilines is 1. The number of Topliss-reactive ketones (excluding diaryl/α,β-unsaturated/α-hetero) is 1. The average molecular weight is 403 g/mol. The van der Waals surface area contributed by atoms with Crippen molar-refractivity contribution in [2.24, 2.45) is 5.92 Å². The first-order valence-corrected chi connectivity index (χ1v) is 8.36. The highest BCUT2D eigenvalue weighted by molar-refractivity contribution is 14.1. The molecule has 0 spiro atoms. The molecule has 2 atom stereocenters. The van der Waals surface area contributed by atoms with Gasteiger partial charge in [0.1, 0.15) is 17.9 Å². The van der Waals surface area contributed by atoms with E-state index in [0.29, 0.717) is 18.7 Å². The Labute approximate surface area is 142 Å². The number of carbonyl (C=O) groups is 1. The highest BCUT2D eigenvalue weighted by Gasteiger charge is 2.36. The Morgan fingerprint density at radius 1 is 1.18 bits per heavy atom. The number of fused-ring (bicyclic) bond motifs is 2. The summed E-state index contributed by atoms with van der Waals surface area (Å²) in [6, 6.07) is 6.23. The summed E-state index contributed by atoms with van der Waals surface area (Å²) in [5.41, 5.74) is 0.939. The monoisotopic (exact) mass is 403 g/mol. The quantitative estimate of drug-likeness (QED) is 0.687. The standard InChI is InChI=1S/C17H14IN3O/c18-11-5-6-14-13(9-11)17(20-10-19-14)21-8-7-16(22)12-3-1-2-4-15(12)21/h1-6,9-10,12,15H,7-8H2. The molecule has 1 aliphatic heterocycles. The molecule has 1 aromatic carbocycles. The zero-order valence-electron chi connectivity index (χ0n) is 11.8. The van der Waals surface area contributed by atoms with Crippen molar-refractivity contribution in [1.82, 2.24) is 9.97 Å². The van der Waals surface area contributed by atoms with E-state index in [1.165, 1.54) is 0 Å². The number of allylic oxidation sites excluding steroid dienone is 2. The van der Waals surface area contributed by atoms with Gasteiger partial charge in [-0.25, -0.2) is 9.97 Å². The van der Waals surface area contributed by atoms with Gasteiger partial charge in [-0.05, 0) is 40.8 Å². The van der Waals surface area contributed by atoms with E-state index >= 15 is 0 Å². The third kappa shape index (κ3) is 2.24.